The highest BCUT2D eigenvalue weighted by molar-refractivity contribution is 5.92. The smallest absolute Gasteiger partial charge is 0.258 e. The third-order valence-electron chi connectivity index (χ3n) is 5.99. The number of carbonyl (C=O) groups is 1. The Balaban J connectivity index is 1.61. The van der Waals surface area contributed by atoms with Gasteiger partial charge in [-0.2, -0.15) is 0 Å². The van der Waals surface area contributed by atoms with Crippen LogP contribution in [0.15, 0.2) is 83.9 Å². The molecule has 0 aliphatic heterocycles. The Labute approximate surface area is 198 Å². The minimum atomic E-state index is -2.34. The van der Waals surface area contributed by atoms with Crippen LogP contribution in [0.3, 0.4) is 0 Å². The number of aromatic amines is 1. The summed E-state index contributed by atoms with van der Waals surface area (Å²) < 4.78 is 16.8. The van der Waals surface area contributed by atoms with Gasteiger partial charge in [-0.05, 0) is 29.3 Å². The van der Waals surface area contributed by atoms with Gasteiger partial charge < -0.3 is 20.4 Å². The molecule has 3 aromatic heterocycles. The van der Waals surface area contributed by atoms with E-state index in [4.69, 9.17) is 5.73 Å². The second-order valence-corrected chi connectivity index (χ2v) is 8.14. The number of carbonyl (C=O) groups excluding carboxylic acids is 1. The number of hydrogen-bond donors (Lipinski definition) is 3. The number of aryl methyl sites for hydroxylation is 1. The first kappa shape index (κ1) is 22.2. The topological polar surface area (TPSA) is 127 Å². The summed E-state index contributed by atoms with van der Waals surface area (Å²) in [5, 5.41) is 11.1. The Morgan fingerprint density at radius 3 is 2.54 bits per heavy atom. The van der Waals surface area contributed by atoms with Crippen molar-refractivity contribution in [3.05, 3.63) is 106 Å². The molecule has 0 radical (unpaired) electrons. The van der Waals surface area contributed by atoms with Gasteiger partial charge in [-0.1, -0.05) is 42.5 Å². The molecule has 3 heterocycles. The molecular formula is C26H20FN5O3. The zero-order chi connectivity index (χ0) is 24.7. The molecule has 8 nitrogen and oxygen atoms in total. The number of benzene rings is 2. The number of nitrogens with two attached hydrogens (primary N) is 1. The van der Waals surface area contributed by atoms with E-state index < -0.39 is 17.3 Å². The molecule has 35 heavy (non-hydrogen) atoms. The van der Waals surface area contributed by atoms with Crippen LogP contribution >= 0.6 is 0 Å². The molecule has 0 aliphatic rings. The number of halogens is 1. The molecule has 0 saturated heterocycles. The number of nitrogens with zero attached hydrogens (tertiary/aromatic N) is 3. The third kappa shape index (κ3) is 3.68. The molecule has 0 aliphatic carbocycles. The number of hydrogen-bond acceptors (Lipinski definition) is 5. The lowest BCUT2D eigenvalue weighted by Gasteiger charge is -2.26. The highest BCUT2D eigenvalue weighted by Crippen LogP contribution is 2.35. The van der Waals surface area contributed by atoms with E-state index in [2.05, 4.69) is 15.0 Å². The van der Waals surface area contributed by atoms with E-state index in [9.17, 15) is 14.7 Å². The van der Waals surface area contributed by atoms with Crippen LogP contribution < -0.4 is 11.3 Å². The lowest BCUT2D eigenvalue weighted by Crippen LogP contribution is -2.42. The number of pyridine rings is 2. The number of primary amides is 1. The number of imidazole rings is 1. The van der Waals surface area contributed by atoms with Gasteiger partial charge in [0.2, 0.25) is 0 Å². The van der Waals surface area contributed by atoms with E-state index in [1.54, 1.807) is 55.8 Å². The third-order valence-corrected chi connectivity index (χ3v) is 5.99. The maximum absolute atomic E-state index is 15.4. The molecule has 2 aromatic carbocycles. The fourth-order valence-electron chi connectivity index (χ4n) is 4.07. The monoisotopic (exact) mass is 469 g/mol. The highest BCUT2D eigenvalue weighted by Gasteiger charge is 2.40. The fourth-order valence-corrected chi connectivity index (χ4v) is 4.07. The summed E-state index contributed by atoms with van der Waals surface area (Å²) in [5.74, 6) is -1.44. The zero-order valence-corrected chi connectivity index (χ0v) is 18.6. The maximum Gasteiger partial charge on any atom is 0.258 e. The largest absolute Gasteiger partial charge is 0.372 e. The van der Waals surface area contributed by atoms with Crippen LogP contribution in [0, 0.1) is 5.82 Å². The Kier molecular flexibility index (Phi) is 5.26. The van der Waals surface area contributed by atoms with Gasteiger partial charge in [0.25, 0.3) is 11.5 Å². The Hall–Kier alpha value is -4.63. The van der Waals surface area contributed by atoms with Crippen LogP contribution in [0.4, 0.5) is 4.39 Å². The predicted octanol–water partition coefficient (Wildman–Crippen LogP) is 2.85. The van der Waals surface area contributed by atoms with Gasteiger partial charge in [0.15, 0.2) is 11.2 Å². The summed E-state index contributed by atoms with van der Waals surface area (Å²) in [6, 6.07) is 17.0. The fraction of sp³-hybridized carbons (Fsp3) is 0.0769. The molecule has 0 fully saturated rings. The molecule has 0 bridgehead atoms. The van der Waals surface area contributed by atoms with Gasteiger partial charge in [-0.3, -0.25) is 9.59 Å². The van der Waals surface area contributed by atoms with Crippen molar-refractivity contribution < 1.29 is 14.3 Å². The van der Waals surface area contributed by atoms with Crippen LogP contribution in [0.25, 0.3) is 33.7 Å². The van der Waals surface area contributed by atoms with Crippen LogP contribution in [0.2, 0.25) is 0 Å². The average molecular weight is 469 g/mol. The van der Waals surface area contributed by atoms with Crippen LogP contribution in [-0.4, -0.2) is 30.5 Å². The summed E-state index contributed by atoms with van der Waals surface area (Å²) in [6.45, 7) is 0. The molecule has 5 rings (SSSR count). The van der Waals surface area contributed by atoms with E-state index >= 15 is 4.39 Å². The highest BCUT2D eigenvalue weighted by atomic mass is 19.1. The number of amides is 1. The molecule has 9 heteroatoms. The van der Waals surface area contributed by atoms with Crippen molar-refractivity contribution in [1.29, 1.82) is 0 Å². The molecule has 174 valence electrons. The molecule has 0 saturated carbocycles. The van der Waals surface area contributed by atoms with Gasteiger partial charge in [0.1, 0.15) is 11.6 Å². The summed E-state index contributed by atoms with van der Waals surface area (Å²) in [5.41, 5.74) is 5.49. The van der Waals surface area contributed by atoms with Gasteiger partial charge in [0, 0.05) is 42.2 Å². The standard InChI is InChI=1S/C26H20FN5O3/c1-32-12-10-16(14-21(32)33)23-30-22-18(9-11-29-24(22)31-23)15-7-8-19(20(27)13-15)26(35,25(28)34)17-5-3-2-4-6-17/h2-14,35H,1H3,(H2,28,34)(H,29,30,31). The molecule has 1 unspecified atom stereocenters. The second kappa shape index (κ2) is 8.30. The predicted molar refractivity (Wildman–Crippen MR) is 129 cm³/mol. The number of nitrogens with one attached hydrogen (secondary N) is 1. The van der Waals surface area contributed by atoms with Crippen molar-refractivity contribution in [3.8, 4) is 22.5 Å². The first-order valence-corrected chi connectivity index (χ1v) is 10.7. The number of aliphatic hydroxyl groups is 1. The summed E-state index contributed by atoms with van der Waals surface area (Å²) in [4.78, 5) is 36.2. The van der Waals surface area contributed by atoms with E-state index in [1.807, 2.05) is 0 Å². The van der Waals surface area contributed by atoms with Gasteiger partial charge in [-0.15, -0.1) is 0 Å². The van der Waals surface area contributed by atoms with Crippen molar-refractivity contribution >= 4 is 17.1 Å². The summed E-state index contributed by atoms with van der Waals surface area (Å²) >= 11 is 0. The van der Waals surface area contributed by atoms with Crippen molar-refractivity contribution in [1.82, 2.24) is 19.5 Å². The summed E-state index contributed by atoms with van der Waals surface area (Å²) in [7, 11) is 1.65. The van der Waals surface area contributed by atoms with Crippen molar-refractivity contribution in [3.63, 3.8) is 0 Å². The second-order valence-electron chi connectivity index (χ2n) is 8.14. The quantitative estimate of drug-likeness (QED) is 0.365. The van der Waals surface area contributed by atoms with Crippen LogP contribution in [-0.2, 0) is 17.4 Å². The van der Waals surface area contributed by atoms with Crippen molar-refractivity contribution in [2.24, 2.45) is 12.8 Å². The maximum atomic E-state index is 15.4. The average Bonchev–Trinajstić information content (AvgIpc) is 3.30. The Bertz CT molecular complexity index is 1640. The minimum absolute atomic E-state index is 0.165. The van der Waals surface area contributed by atoms with Gasteiger partial charge in [0.05, 0.1) is 5.52 Å². The van der Waals surface area contributed by atoms with E-state index in [0.29, 0.717) is 33.7 Å². The molecule has 5 aromatic rings. The van der Waals surface area contributed by atoms with E-state index in [0.717, 1.165) is 0 Å². The molecule has 4 N–H and O–H groups in total. The molecule has 1 amide bonds. The van der Waals surface area contributed by atoms with Crippen LogP contribution in [0.5, 0.6) is 0 Å². The van der Waals surface area contributed by atoms with E-state index in [-0.39, 0.29) is 16.7 Å². The van der Waals surface area contributed by atoms with Crippen molar-refractivity contribution in [2.75, 3.05) is 0 Å². The van der Waals surface area contributed by atoms with Gasteiger partial charge in [-0.25, -0.2) is 14.4 Å². The number of fused-ring (bicyclic) bond motifs is 1. The Morgan fingerprint density at radius 1 is 1.09 bits per heavy atom. The van der Waals surface area contributed by atoms with E-state index in [1.165, 1.54) is 34.9 Å². The van der Waals surface area contributed by atoms with Crippen molar-refractivity contribution in [2.45, 2.75) is 5.60 Å². The lowest BCUT2D eigenvalue weighted by atomic mass is 9.84. The number of H-pyrrole nitrogens is 1. The first-order valence-electron chi connectivity index (χ1n) is 10.7. The van der Waals surface area contributed by atoms with Crippen LogP contribution in [0.1, 0.15) is 11.1 Å². The number of rotatable bonds is 5. The SMILES string of the molecule is Cn1ccc(-c2nc3nccc(-c4ccc(C(O)(C(N)=O)c5ccccc5)c(F)c4)c3[nH]2)cc1=O. The lowest BCUT2D eigenvalue weighted by molar-refractivity contribution is -0.133. The normalized spacial score (nSPS) is 13.0. The molecule has 1 atom stereocenters. The minimum Gasteiger partial charge on any atom is -0.372 e. The van der Waals surface area contributed by atoms with Gasteiger partial charge >= 0.3 is 0 Å². The molecule has 0 spiro atoms. The zero-order valence-electron chi connectivity index (χ0n) is 18.6. The summed E-state index contributed by atoms with van der Waals surface area (Å²) in [6.07, 6.45) is 3.18. The first-order chi connectivity index (χ1) is 16.8. The number of aromatic nitrogens is 4. The molecular weight excluding hydrogens is 449 g/mol. The Morgan fingerprint density at radius 2 is 1.86 bits per heavy atom.